The van der Waals surface area contributed by atoms with Crippen molar-refractivity contribution in [3.8, 4) is 0 Å². The Bertz CT molecular complexity index is 1020. The third kappa shape index (κ3) is 6.56. The lowest BCUT2D eigenvalue weighted by atomic mass is 9.95. The van der Waals surface area contributed by atoms with Gasteiger partial charge in [0.05, 0.1) is 12.5 Å². The van der Waals surface area contributed by atoms with Gasteiger partial charge in [-0.2, -0.15) is 0 Å². The summed E-state index contributed by atoms with van der Waals surface area (Å²) in [6.45, 7) is 4.74. The molecule has 13 heteroatoms. The van der Waals surface area contributed by atoms with Gasteiger partial charge in [0, 0.05) is 19.5 Å². The molecule has 0 spiro atoms. The van der Waals surface area contributed by atoms with Gasteiger partial charge in [-0.15, -0.1) is 0 Å². The number of carboxylic acid groups (broad SMARTS) is 1. The summed E-state index contributed by atoms with van der Waals surface area (Å²) in [5.41, 5.74) is 0. The molecule has 222 valence electrons. The van der Waals surface area contributed by atoms with E-state index in [-0.39, 0.29) is 24.8 Å². The van der Waals surface area contributed by atoms with Crippen molar-refractivity contribution in [1.29, 1.82) is 0 Å². The minimum absolute atomic E-state index is 0.123. The topological polar surface area (TPSA) is 174 Å². The molecule has 3 unspecified atom stereocenters. The Balaban J connectivity index is 1.66. The van der Waals surface area contributed by atoms with Crippen LogP contribution in [0.15, 0.2) is 0 Å². The molecule has 4 aliphatic heterocycles. The van der Waals surface area contributed by atoms with Gasteiger partial charge < -0.3 is 35.6 Å². The lowest BCUT2D eigenvalue weighted by molar-refractivity contribution is -0.158. The number of aliphatic carboxylic acids is 1. The molecule has 7 atom stereocenters. The standard InChI is InChI=1S/C27H41N5O8/c1-3-15(2)22-27(39)40-16-9-10-28-17(13-16)23(34)29-18(26(37)38)14-21(33)31-12-6-8-20(31)25(36)32-11-5-4-7-19(32)24(35)30-22/h15-20,22,28H,3-14H2,1-2H3,(H,29,34)(H,30,35)(H,37,38)/t15-,16?,17?,18?,19-,20-,22-/m0/s1. The van der Waals surface area contributed by atoms with E-state index in [1.165, 1.54) is 9.80 Å². The summed E-state index contributed by atoms with van der Waals surface area (Å²) in [5, 5.41) is 18.1. The van der Waals surface area contributed by atoms with Crippen LogP contribution in [0.2, 0.25) is 0 Å². The highest BCUT2D eigenvalue weighted by Gasteiger charge is 2.43. The molecule has 0 aromatic carbocycles. The number of fused-ring (bicyclic) bond motifs is 4. The molecule has 0 saturated carbocycles. The number of nitrogens with one attached hydrogen (secondary N) is 3. The van der Waals surface area contributed by atoms with Crippen LogP contribution in [0.3, 0.4) is 0 Å². The number of ether oxygens (including phenoxy) is 1. The molecule has 0 aliphatic carbocycles. The number of carboxylic acids is 1. The van der Waals surface area contributed by atoms with Gasteiger partial charge in [0.25, 0.3) is 0 Å². The van der Waals surface area contributed by atoms with Gasteiger partial charge >= 0.3 is 11.9 Å². The maximum atomic E-state index is 13.7. The Hall–Kier alpha value is -3.22. The van der Waals surface area contributed by atoms with Crippen molar-refractivity contribution in [2.75, 3.05) is 19.6 Å². The van der Waals surface area contributed by atoms with Crippen molar-refractivity contribution >= 4 is 35.6 Å². The Labute approximate surface area is 233 Å². The molecule has 40 heavy (non-hydrogen) atoms. The molecule has 4 aliphatic rings. The number of nitrogens with zero attached hydrogens (tertiary/aromatic N) is 2. The first kappa shape index (κ1) is 29.8. The van der Waals surface area contributed by atoms with Crippen molar-refractivity contribution in [2.24, 2.45) is 5.92 Å². The quantitative estimate of drug-likeness (QED) is 0.331. The summed E-state index contributed by atoms with van der Waals surface area (Å²) in [5.74, 6) is -4.14. The molecule has 4 rings (SSSR count). The lowest BCUT2D eigenvalue weighted by Crippen LogP contribution is -2.60. The van der Waals surface area contributed by atoms with Crippen molar-refractivity contribution in [2.45, 2.75) is 108 Å². The summed E-state index contributed by atoms with van der Waals surface area (Å²) in [4.78, 5) is 81.8. The van der Waals surface area contributed by atoms with Crippen LogP contribution in [0.5, 0.6) is 0 Å². The van der Waals surface area contributed by atoms with Gasteiger partial charge in [0.15, 0.2) is 0 Å². The zero-order valence-electron chi connectivity index (χ0n) is 23.2. The minimum atomic E-state index is -1.48. The summed E-state index contributed by atoms with van der Waals surface area (Å²) in [6, 6.07) is -4.84. The third-order valence-corrected chi connectivity index (χ3v) is 8.66. The van der Waals surface area contributed by atoms with Crippen molar-refractivity contribution in [1.82, 2.24) is 25.8 Å². The SMILES string of the molecule is CC[C@H](C)[C@@H]1NC(=O)[C@@H]2CCCCN2C(=O)[C@@H]2CCCN2C(=O)CC(C(=O)O)NC(=O)C2CC(CCN2)OC1=O. The van der Waals surface area contributed by atoms with Crippen molar-refractivity contribution in [3.05, 3.63) is 0 Å². The number of esters is 1. The highest BCUT2D eigenvalue weighted by molar-refractivity contribution is 5.95. The molecule has 4 amide bonds. The number of piperidine rings is 2. The molecule has 0 radical (unpaired) electrons. The van der Waals surface area contributed by atoms with Crippen LogP contribution in [-0.4, -0.2) is 106 Å². The minimum Gasteiger partial charge on any atom is -0.480 e. The molecule has 4 N–H and O–H groups in total. The van der Waals surface area contributed by atoms with E-state index in [0.29, 0.717) is 51.6 Å². The first-order chi connectivity index (χ1) is 19.1. The molecule has 0 aromatic heterocycles. The van der Waals surface area contributed by atoms with Crippen LogP contribution in [0.1, 0.15) is 71.6 Å². The average Bonchev–Trinajstić information content (AvgIpc) is 3.44. The lowest BCUT2D eigenvalue weighted by Gasteiger charge is -2.39. The fourth-order valence-corrected chi connectivity index (χ4v) is 6.09. The summed E-state index contributed by atoms with van der Waals surface area (Å²) >= 11 is 0. The van der Waals surface area contributed by atoms with Gasteiger partial charge in [-0.3, -0.25) is 19.2 Å². The molecular formula is C27H41N5O8. The van der Waals surface area contributed by atoms with E-state index in [2.05, 4.69) is 16.0 Å². The van der Waals surface area contributed by atoms with Crippen molar-refractivity contribution in [3.63, 3.8) is 0 Å². The normalized spacial score (nSPS) is 33.5. The number of amides is 4. The highest BCUT2D eigenvalue weighted by atomic mass is 16.5. The summed E-state index contributed by atoms with van der Waals surface area (Å²) < 4.78 is 5.77. The van der Waals surface area contributed by atoms with Gasteiger partial charge in [0.1, 0.15) is 30.3 Å². The first-order valence-corrected chi connectivity index (χ1v) is 14.5. The van der Waals surface area contributed by atoms with E-state index in [1.807, 2.05) is 13.8 Å². The Morgan fingerprint density at radius 2 is 1.70 bits per heavy atom. The Morgan fingerprint density at radius 3 is 2.42 bits per heavy atom. The Morgan fingerprint density at radius 1 is 0.975 bits per heavy atom. The molecule has 13 nitrogen and oxygen atoms in total. The fourth-order valence-electron chi connectivity index (χ4n) is 6.09. The second kappa shape index (κ2) is 13.0. The molecule has 4 fully saturated rings. The smallest absolute Gasteiger partial charge is 0.329 e. The second-order valence-corrected chi connectivity index (χ2v) is 11.4. The van der Waals surface area contributed by atoms with E-state index in [9.17, 15) is 33.9 Å². The molecule has 4 saturated heterocycles. The second-order valence-electron chi connectivity index (χ2n) is 11.4. The number of rotatable bonds is 3. The van der Waals surface area contributed by atoms with Crippen LogP contribution in [0, 0.1) is 5.92 Å². The fraction of sp³-hybridized carbons (Fsp3) is 0.778. The number of hydrogen-bond donors (Lipinski definition) is 4. The van der Waals surface area contributed by atoms with Crippen LogP contribution >= 0.6 is 0 Å². The van der Waals surface area contributed by atoms with E-state index in [0.717, 1.165) is 6.42 Å². The van der Waals surface area contributed by atoms with Gasteiger partial charge in [-0.05, 0) is 51.0 Å². The van der Waals surface area contributed by atoms with E-state index < -0.39 is 72.4 Å². The number of carbonyl (C=O) groups is 6. The number of carbonyl (C=O) groups excluding carboxylic acids is 5. The third-order valence-electron chi connectivity index (χ3n) is 8.66. The summed E-state index contributed by atoms with van der Waals surface area (Å²) in [6.07, 6.45) is 2.88. The first-order valence-electron chi connectivity index (χ1n) is 14.5. The average molecular weight is 564 g/mol. The molecule has 0 aromatic rings. The monoisotopic (exact) mass is 563 g/mol. The molecule has 2 bridgehead atoms. The maximum absolute atomic E-state index is 13.7. The van der Waals surface area contributed by atoms with Crippen LogP contribution in [-0.2, 0) is 33.5 Å². The van der Waals surface area contributed by atoms with Crippen LogP contribution in [0.25, 0.3) is 0 Å². The Kier molecular flexibility index (Phi) is 9.64. The van der Waals surface area contributed by atoms with Crippen molar-refractivity contribution < 1.29 is 38.6 Å². The summed E-state index contributed by atoms with van der Waals surface area (Å²) in [7, 11) is 0. The van der Waals surface area contributed by atoms with E-state index in [1.54, 1.807) is 0 Å². The van der Waals surface area contributed by atoms with Gasteiger partial charge in [-0.1, -0.05) is 20.3 Å². The van der Waals surface area contributed by atoms with E-state index in [4.69, 9.17) is 4.74 Å². The van der Waals surface area contributed by atoms with E-state index >= 15 is 0 Å². The van der Waals surface area contributed by atoms with Gasteiger partial charge in [0.2, 0.25) is 23.6 Å². The van der Waals surface area contributed by atoms with Crippen LogP contribution in [0.4, 0.5) is 0 Å². The highest BCUT2D eigenvalue weighted by Crippen LogP contribution is 2.26. The van der Waals surface area contributed by atoms with Crippen LogP contribution < -0.4 is 16.0 Å². The molecular weight excluding hydrogens is 522 g/mol. The molecule has 4 heterocycles. The predicted octanol–water partition coefficient (Wildman–Crippen LogP) is -0.474. The largest absolute Gasteiger partial charge is 0.480 e. The number of hydrogen-bond acceptors (Lipinski definition) is 8. The predicted molar refractivity (Wildman–Crippen MR) is 141 cm³/mol. The maximum Gasteiger partial charge on any atom is 0.329 e. The zero-order chi connectivity index (χ0) is 29.0. The van der Waals surface area contributed by atoms with Gasteiger partial charge in [-0.25, -0.2) is 9.59 Å². The zero-order valence-corrected chi connectivity index (χ0v) is 23.2.